The molecule has 4 aromatic rings. The number of hydrogen-bond acceptors (Lipinski definition) is 4. The molecule has 1 aromatic heterocycles. The van der Waals surface area contributed by atoms with Crippen LogP contribution in [0.2, 0.25) is 0 Å². The van der Waals surface area contributed by atoms with Crippen LogP contribution in [0.25, 0.3) is 11.0 Å². The molecule has 0 saturated carbocycles. The highest BCUT2D eigenvalue weighted by Crippen LogP contribution is 2.52. The van der Waals surface area contributed by atoms with Gasteiger partial charge in [0.25, 0.3) is 11.8 Å². The zero-order chi connectivity index (χ0) is 26.1. The van der Waals surface area contributed by atoms with Crippen LogP contribution in [0.4, 0.5) is 10.1 Å². The van der Waals surface area contributed by atoms with E-state index in [9.17, 15) is 18.8 Å². The summed E-state index contributed by atoms with van der Waals surface area (Å²) in [7, 11) is 0. The average Bonchev–Trinajstić information content (AvgIpc) is 3.27. The highest BCUT2D eigenvalue weighted by atomic mass is 19.1. The van der Waals surface area contributed by atoms with Gasteiger partial charge < -0.3 is 14.2 Å². The Bertz CT molecular complexity index is 1720. The van der Waals surface area contributed by atoms with E-state index in [0.717, 1.165) is 11.1 Å². The van der Waals surface area contributed by atoms with Crippen molar-refractivity contribution in [1.29, 1.82) is 0 Å². The largest absolute Gasteiger partial charge is 0.450 e. The molecule has 0 radical (unpaired) electrons. The van der Waals surface area contributed by atoms with Gasteiger partial charge in [-0.15, -0.1) is 6.58 Å². The smallest absolute Gasteiger partial charge is 0.291 e. The first-order chi connectivity index (χ1) is 17.8. The molecule has 184 valence electrons. The molecule has 0 N–H and O–H groups in total. The molecule has 2 aliphatic rings. The van der Waals surface area contributed by atoms with Gasteiger partial charge in [0, 0.05) is 17.7 Å². The summed E-state index contributed by atoms with van der Waals surface area (Å²) in [5.74, 6) is -1.68. The van der Waals surface area contributed by atoms with Crippen molar-refractivity contribution in [2.75, 3.05) is 11.4 Å². The maximum absolute atomic E-state index is 14.6. The Balaban J connectivity index is 1.68. The Kier molecular flexibility index (Phi) is 4.95. The third kappa shape index (κ3) is 2.94. The first-order valence-corrected chi connectivity index (χ1v) is 12.0. The molecule has 6 nitrogen and oxygen atoms in total. The molecule has 0 bridgehead atoms. The summed E-state index contributed by atoms with van der Waals surface area (Å²) in [5.41, 5.74) is 1.19. The van der Waals surface area contributed by atoms with Gasteiger partial charge in [-0.2, -0.15) is 0 Å². The lowest BCUT2D eigenvalue weighted by molar-refractivity contribution is -0.126. The molecule has 3 heterocycles. The predicted molar refractivity (Wildman–Crippen MR) is 138 cm³/mol. The number of anilines is 1. The second-order valence-corrected chi connectivity index (χ2v) is 9.48. The Morgan fingerprint density at radius 3 is 2.46 bits per heavy atom. The molecular weight excluding hydrogens is 471 g/mol. The zero-order valence-electron chi connectivity index (χ0n) is 20.4. The van der Waals surface area contributed by atoms with E-state index in [0.29, 0.717) is 22.2 Å². The molecule has 0 fully saturated rings. The number of carbonyl (C=O) groups excluding carboxylic acids is 2. The lowest BCUT2D eigenvalue weighted by Crippen LogP contribution is -2.53. The summed E-state index contributed by atoms with van der Waals surface area (Å²) >= 11 is 0. The van der Waals surface area contributed by atoms with Crippen LogP contribution in [0.1, 0.15) is 38.4 Å². The number of amides is 2. The molecule has 2 aliphatic heterocycles. The van der Waals surface area contributed by atoms with Crippen molar-refractivity contribution in [3.63, 3.8) is 0 Å². The van der Waals surface area contributed by atoms with Crippen LogP contribution < -0.4 is 10.3 Å². The average molecular weight is 495 g/mol. The Morgan fingerprint density at radius 2 is 1.70 bits per heavy atom. The Labute approximate surface area is 212 Å². The van der Waals surface area contributed by atoms with Crippen LogP contribution >= 0.6 is 0 Å². The Morgan fingerprint density at radius 1 is 1.00 bits per heavy atom. The molecule has 0 aliphatic carbocycles. The number of nitrogens with zero attached hydrogens (tertiary/aromatic N) is 2. The Hall–Kier alpha value is -4.52. The summed E-state index contributed by atoms with van der Waals surface area (Å²) in [6.07, 6.45) is 1.51. The fourth-order valence-corrected chi connectivity index (χ4v) is 5.58. The summed E-state index contributed by atoms with van der Waals surface area (Å²) in [6.45, 7) is 7.50. The van der Waals surface area contributed by atoms with Crippen molar-refractivity contribution >= 4 is 28.5 Å². The van der Waals surface area contributed by atoms with E-state index in [1.54, 1.807) is 54.6 Å². The minimum atomic E-state index is -1.75. The summed E-state index contributed by atoms with van der Waals surface area (Å²) in [4.78, 5) is 45.2. The van der Waals surface area contributed by atoms with E-state index in [2.05, 4.69) is 6.58 Å². The van der Waals surface area contributed by atoms with E-state index in [4.69, 9.17) is 4.42 Å². The summed E-state index contributed by atoms with van der Waals surface area (Å²) in [5, 5.41) is 0.298. The van der Waals surface area contributed by atoms with E-state index >= 15 is 0 Å². The molecule has 2 amide bonds. The van der Waals surface area contributed by atoms with Crippen LogP contribution in [0.3, 0.4) is 0 Å². The molecule has 6 rings (SSSR count). The van der Waals surface area contributed by atoms with E-state index < -0.39 is 28.6 Å². The number of para-hydroxylation sites is 1. The van der Waals surface area contributed by atoms with Gasteiger partial charge in [0.2, 0.25) is 5.76 Å². The first kappa shape index (κ1) is 22.9. The van der Waals surface area contributed by atoms with Gasteiger partial charge in [-0.3, -0.25) is 14.4 Å². The SMILES string of the molecule is C=CCN1C(=O)c2oc3cc(C)c(C)cc3c(=O)c2C12C(=O)N(Cc1ccccc1F)c1ccccc12. The third-order valence-electron chi connectivity index (χ3n) is 7.45. The lowest BCUT2D eigenvalue weighted by atomic mass is 9.84. The van der Waals surface area contributed by atoms with Crippen LogP contribution in [-0.4, -0.2) is 23.3 Å². The van der Waals surface area contributed by atoms with E-state index in [1.807, 2.05) is 13.8 Å². The van der Waals surface area contributed by atoms with Crippen molar-refractivity contribution in [2.45, 2.75) is 25.9 Å². The molecule has 37 heavy (non-hydrogen) atoms. The molecule has 0 saturated heterocycles. The number of halogens is 1. The second kappa shape index (κ2) is 8.00. The van der Waals surface area contributed by atoms with Crippen molar-refractivity contribution in [3.8, 4) is 0 Å². The van der Waals surface area contributed by atoms with Crippen molar-refractivity contribution in [1.82, 2.24) is 4.90 Å². The second-order valence-electron chi connectivity index (χ2n) is 9.48. The number of carbonyl (C=O) groups is 2. The monoisotopic (exact) mass is 494 g/mol. The highest BCUT2D eigenvalue weighted by molar-refractivity contribution is 6.17. The number of benzene rings is 3. The molecule has 3 aromatic carbocycles. The topological polar surface area (TPSA) is 70.8 Å². The van der Waals surface area contributed by atoms with Gasteiger partial charge in [-0.1, -0.05) is 42.5 Å². The molecule has 1 unspecified atom stereocenters. The van der Waals surface area contributed by atoms with Crippen LogP contribution in [0.5, 0.6) is 0 Å². The lowest BCUT2D eigenvalue weighted by Gasteiger charge is -2.33. The first-order valence-electron chi connectivity index (χ1n) is 12.0. The van der Waals surface area contributed by atoms with Crippen molar-refractivity contribution in [3.05, 3.63) is 123 Å². The van der Waals surface area contributed by atoms with Gasteiger partial charge in [0.05, 0.1) is 23.2 Å². The third-order valence-corrected chi connectivity index (χ3v) is 7.45. The quantitative estimate of drug-likeness (QED) is 0.375. The minimum absolute atomic E-state index is 0.00445. The van der Waals surface area contributed by atoms with E-state index in [1.165, 1.54) is 21.9 Å². The molecule has 1 spiro atoms. The van der Waals surface area contributed by atoms with Crippen molar-refractivity contribution < 1.29 is 18.4 Å². The van der Waals surface area contributed by atoms with Gasteiger partial charge in [0.15, 0.2) is 11.0 Å². The number of fused-ring (bicyclic) bond motifs is 5. The van der Waals surface area contributed by atoms with Crippen LogP contribution in [-0.2, 0) is 16.9 Å². The fraction of sp³-hybridized carbons (Fsp3) is 0.167. The predicted octanol–water partition coefficient (Wildman–Crippen LogP) is 4.98. The van der Waals surface area contributed by atoms with Gasteiger partial charge in [0.1, 0.15) is 11.4 Å². The number of rotatable bonds is 4. The standard InChI is InChI=1S/C30H23FN2O4/c1-4-13-33-28(35)27-25(26(34)20-14-17(2)18(3)15-24(20)37-27)30(33)21-10-6-8-12-23(21)32(29(30)36)16-19-9-5-7-11-22(19)31/h4-12,14-15H,1,13,16H2,2-3H3. The van der Waals surface area contributed by atoms with E-state index in [-0.39, 0.29) is 30.0 Å². The molecular formula is C30H23FN2O4. The normalized spacial score (nSPS) is 18.1. The molecule has 7 heteroatoms. The fourth-order valence-electron chi connectivity index (χ4n) is 5.58. The van der Waals surface area contributed by atoms with Crippen LogP contribution in [0.15, 0.2) is 82.5 Å². The number of hydrogen-bond donors (Lipinski definition) is 0. The number of aryl methyl sites for hydroxylation is 2. The maximum atomic E-state index is 14.6. The summed E-state index contributed by atoms with van der Waals surface area (Å²) < 4.78 is 20.7. The van der Waals surface area contributed by atoms with Crippen LogP contribution in [0, 0.1) is 19.7 Å². The summed E-state index contributed by atoms with van der Waals surface area (Å²) in [6, 6.07) is 16.7. The molecule has 1 atom stereocenters. The van der Waals surface area contributed by atoms with Crippen molar-refractivity contribution in [2.24, 2.45) is 0 Å². The highest BCUT2D eigenvalue weighted by Gasteiger charge is 2.64. The van der Waals surface area contributed by atoms with Gasteiger partial charge >= 0.3 is 0 Å². The zero-order valence-corrected chi connectivity index (χ0v) is 20.4. The maximum Gasteiger partial charge on any atom is 0.291 e. The minimum Gasteiger partial charge on any atom is -0.450 e. The van der Waals surface area contributed by atoms with Gasteiger partial charge in [-0.05, 0) is 49.2 Å². The van der Waals surface area contributed by atoms with Gasteiger partial charge in [-0.25, -0.2) is 4.39 Å².